The minimum absolute atomic E-state index is 0.129. The summed E-state index contributed by atoms with van der Waals surface area (Å²) in [6.07, 6.45) is 4.83. The van der Waals surface area contributed by atoms with Crippen LogP contribution in [0.1, 0.15) is 31.2 Å². The predicted octanol–water partition coefficient (Wildman–Crippen LogP) is 2.94. The third kappa shape index (κ3) is 2.29. The maximum Gasteiger partial charge on any atom is 0.201 e. The molecular weight excluding hydrogens is 267 g/mol. The van der Waals surface area contributed by atoms with Gasteiger partial charge in [-0.25, -0.2) is 9.37 Å². The van der Waals surface area contributed by atoms with Crippen LogP contribution in [-0.2, 0) is 6.54 Å². The molecule has 0 radical (unpaired) electrons. The highest BCUT2D eigenvalue weighted by molar-refractivity contribution is 5.79. The Morgan fingerprint density at radius 3 is 2.62 bits per heavy atom. The van der Waals surface area contributed by atoms with Crippen molar-refractivity contribution >= 4 is 17.0 Å². The van der Waals surface area contributed by atoms with Gasteiger partial charge in [-0.05, 0) is 45.5 Å². The van der Waals surface area contributed by atoms with E-state index in [-0.39, 0.29) is 11.4 Å². The molecule has 1 aliphatic carbocycles. The smallest absolute Gasteiger partial charge is 0.201 e. The van der Waals surface area contributed by atoms with Crippen LogP contribution in [0.4, 0.5) is 10.3 Å². The van der Waals surface area contributed by atoms with E-state index in [4.69, 9.17) is 5.73 Å². The number of nitrogens with two attached hydrogens (primary N) is 1. The second-order valence-electron chi connectivity index (χ2n) is 6.47. The molecule has 0 bridgehead atoms. The SMILES string of the molecule is Cc1cc2c(cc1F)nc(N)n2CC1(N(C)C)CCCC1. The van der Waals surface area contributed by atoms with Crippen LogP contribution >= 0.6 is 0 Å². The molecule has 2 aromatic rings. The van der Waals surface area contributed by atoms with Gasteiger partial charge < -0.3 is 15.2 Å². The Morgan fingerprint density at radius 1 is 1.33 bits per heavy atom. The molecule has 0 saturated heterocycles. The summed E-state index contributed by atoms with van der Waals surface area (Å²) in [5.74, 6) is 0.249. The van der Waals surface area contributed by atoms with Crippen LogP contribution in [0.2, 0.25) is 0 Å². The first-order chi connectivity index (χ1) is 9.93. The average molecular weight is 290 g/mol. The molecule has 1 aliphatic rings. The Balaban J connectivity index is 2.08. The van der Waals surface area contributed by atoms with Gasteiger partial charge in [0.25, 0.3) is 0 Å². The molecule has 5 heteroatoms. The maximum absolute atomic E-state index is 13.7. The van der Waals surface area contributed by atoms with E-state index in [1.165, 1.54) is 31.7 Å². The molecule has 0 aliphatic heterocycles. The van der Waals surface area contributed by atoms with E-state index in [2.05, 4.69) is 24.0 Å². The molecule has 1 aromatic heterocycles. The van der Waals surface area contributed by atoms with Crippen molar-refractivity contribution in [1.29, 1.82) is 0 Å². The van der Waals surface area contributed by atoms with E-state index < -0.39 is 0 Å². The van der Waals surface area contributed by atoms with Crippen LogP contribution in [-0.4, -0.2) is 34.1 Å². The fourth-order valence-corrected chi connectivity index (χ4v) is 3.51. The maximum atomic E-state index is 13.7. The Kier molecular flexibility index (Phi) is 3.40. The quantitative estimate of drug-likeness (QED) is 0.945. The zero-order valence-electron chi connectivity index (χ0n) is 13.0. The summed E-state index contributed by atoms with van der Waals surface area (Å²) >= 11 is 0. The first-order valence-corrected chi connectivity index (χ1v) is 7.52. The first kappa shape index (κ1) is 14.3. The fraction of sp³-hybridized carbons (Fsp3) is 0.562. The summed E-state index contributed by atoms with van der Waals surface area (Å²) in [5.41, 5.74) is 8.44. The van der Waals surface area contributed by atoms with Crippen molar-refractivity contribution in [3.05, 3.63) is 23.5 Å². The van der Waals surface area contributed by atoms with Crippen molar-refractivity contribution in [3.63, 3.8) is 0 Å². The lowest BCUT2D eigenvalue weighted by Gasteiger charge is -2.37. The van der Waals surface area contributed by atoms with Gasteiger partial charge in [0.1, 0.15) is 5.82 Å². The number of anilines is 1. The summed E-state index contributed by atoms with van der Waals surface area (Å²) in [4.78, 5) is 6.64. The number of aromatic nitrogens is 2. The number of halogens is 1. The molecular formula is C16H23FN4. The minimum Gasteiger partial charge on any atom is -0.369 e. The van der Waals surface area contributed by atoms with Crippen LogP contribution in [0.25, 0.3) is 11.0 Å². The molecule has 1 aromatic carbocycles. The van der Waals surface area contributed by atoms with Crippen molar-refractivity contribution in [1.82, 2.24) is 14.5 Å². The molecule has 1 heterocycles. The van der Waals surface area contributed by atoms with Gasteiger partial charge in [0, 0.05) is 18.2 Å². The lowest BCUT2D eigenvalue weighted by atomic mass is 9.96. The topological polar surface area (TPSA) is 47.1 Å². The van der Waals surface area contributed by atoms with Gasteiger partial charge in [-0.15, -0.1) is 0 Å². The number of fused-ring (bicyclic) bond motifs is 1. The Labute approximate surface area is 124 Å². The van der Waals surface area contributed by atoms with Crippen molar-refractivity contribution in [2.75, 3.05) is 19.8 Å². The second-order valence-corrected chi connectivity index (χ2v) is 6.47. The van der Waals surface area contributed by atoms with E-state index in [1.807, 2.05) is 10.6 Å². The van der Waals surface area contributed by atoms with Gasteiger partial charge in [0.15, 0.2) is 0 Å². The third-order valence-electron chi connectivity index (χ3n) is 4.99. The van der Waals surface area contributed by atoms with Crippen molar-refractivity contribution in [2.24, 2.45) is 0 Å². The highest BCUT2D eigenvalue weighted by Crippen LogP contribution is 2.37. The van der Waals surface area contributed by atoms with Crippen molar-refractivity contribution in [3.8, 4) is 0 Å². The monoisotopic (exact) mass is 290 g/mol. The fourth-order valence-electron chi connectivity index (χ4n) is 3.51. The number of rotatable bonds is 3. The molecule has 0 unspecified atom stereocenters. The number of hydrogen-bond donors (Lipinski definition) is 1. The van der Waals surface area contributed by atoms with Gasteiger partial charge in [-0.3, -0.25) is 0 Å². The zero-order chi connectivity index (χ0) is 15.2. The van der Waals surface area contributed by atoms with E-state index in [0.29, 0.717) is 17.0 Å². The van der Waals surface area contributed by atoms with Crippen LogP contribution in [0, 0.1) is 12.7 Å². The number of nitrogens with zero attached hydrogens (tertiary/aromatic N) is 3. The number of hydrogen-bond acceptors (Lipinski definition) is 3. The highest BCUT2D eigenvalue weighted by atomic mass is 19.1. The number of benzene rings is 1. The van der Waals surface area contributed by atoms with Crippen LogP contribution in [0.3, 0.4) is 0 Å². The molecule has 0 amide bonds. The summed E-state index contributed by atoms with van der Waals surface area (Å²) in [7, 11) is 4.26. The standard InChI is InChI=1S/C16H23FN4/c1-11-8-14-13(9-12(11)17)19-15(18)21(14)10-16(20(2)3)6-4-5-7-16/h8-9H,4-7,10H2,1-3H3,(H2,18,19). The summed E-state index contributed by atoms with van der Waals surface area (Å²) in [6, 6.07) is 3.33. The summed E-state index contributed by atoms with van der Waals surface area (Å²) in [5, 5.41) is 0. The largest absolute Gasteiger partial charge is 0.369 e. The molecule has 4 nitrogen and oxygen atoms in total. The lowest BCUT2D eigenvalue weighted by molar-refractivity contribution is 0.136. The second kappa shape index (κ2) is 4.98. The first-order valence-electron chi connectivity index (χ1n) is 7.52. The molecule has 0 spiro atoms. The van der Waals surface area contributed by atoms with Gasteiger partial charge >= 0.3 is 0 Å². The van der Waals surface area contributed by atoms with E-state index in [1.54, 1.807) is 6.92 Å². The zero-order valence-corrected chi connectivity index (χ0v) is 13.0. The molecule has 3 rings (SSSR count). The van der Waals surface area contributed by atoms with E-state index >= 15 is 0 Å². The molecule has 114 valence electrons. The summed E-state index contributed by atoms with van der Waals surface area (Å²) in [6.45, 7) is 2.59. The molecule has 1 fully saturated rings. The van der Waals surface area contributed by atoms with Crippen LogP contribution < -0.4 is 5.73 Å². The number of imidazole rings is 1. The molecule has 1 saturated carbocycles. The van der Waals surface area contributed by atoms with Gasteiger partial charge in [0.2, 0.25) is 5.95 Å². The van der Waals surface area contributed by atoms with E-state index in [0.717, 1.165) is 12.1 Å². The molecule has 0 atom stereocenters. The van der Waals surface area contributed by atoms with Gasteiger partial charge in [-0.2, -0.15) is 0 Å². The Hall–Kier alpha value is -1.62. The molecule has 2 N–H and O–H groups in total. The predicted molar refractivity (Wildman–Crippen MR) is 83.7 cm³/mol. The van der Waals surface area contributed by atoms with Crippen LogP contribution in [0.15, 0.2) is 12.1 Å². The third-order valence-corrected chi connectivity index (χ3v) is 4.99. The number of nitrogen functional groups attached to an aromatic ring is 1. The van der Waals surface area contributed by atoms with Crippen molar-refractivity contribution < 1.29 is 4.39 Å². The normalized spacial score (nSPS) is 18.0. The van der Waals surface area contributed by atoms with Gasteiger partial charge in [0.05, 0.1) is 11.0 Å². The highest BCUT2D eigenvalue weighted by Gasteiger charge is 2.37. The Morgan fingerprint density at radius 2 is 2.00 bits per heavy atom. The molecule has 21 heavy (non-hydrogen) atoms. The lowest BCUT2D eigenvalue weighted by Crippen LogP contribution is -2.45. The average Bonchev–Trinajstić information content (AvgIpc) is 2.99. The minimum atomic E-state index is -0.227. The van der Waals surface area contributed by atoms with Crippen LogP contribution in [0.5, 0.6) is 0 Å². The van der Waals surface area contributed by atoms with E-state index in [9.17, 15) is 4.39 Å². The Bertz CT molecular complexity index is 668. The van der Waals surface area contributed by atoms with Crippen molar-refractivity contribution in [2.45, 2.75) is 44.7 Å². The van der Waals surface area contributed by atoms with Gasteiger partial charge in [-0.1, -0.05) is 12.8 Å². The summed E-state index contributed by atoms with van der Waals surface area (Å²) < 4.78 is 15.7. The number of aryl methyl sites for hydroxylation is 1. The number of likely N-dealkylation sites (N-methyl/N-ethyl adjacent to an activating group) is 1.